The molecular formula is C14H23N3O. The van der Waals surface area contributed by atoms with Gasteiger partial charge < -0.3 is 14.5 Å². The Morgan fingerprint density at radius 2 is 2.06 bits per heavy atom. The molecule has 100 valence electrons. The minimum absolute atomic E-state index is 0.689. The minimum Gasteiger partial charge on any atom is -0.492 e. The predicted molar refractivity (Wildman–Crippen MR) is 74.4 cm³/mol. The SMILES string of the molecule is CCOc1cncc(N2CCCN(CC)CC2)c1. The summed E-state index contributed by atoms with van der Waals surface area (Å²) < 4.78 is 5.51. The van der Waals surface area contributed by atoms with Crippen LogP contribution in [0.25, 0.3) is 0 Å². The summed E-state index contributed by atoms with van der Waals surface area (Å²) in [6, 6.07) is 2.10. The van der Waals surface area contributed by atoms with Gasteiger partial charge in [-0.3, -0.25) is 4.98 Å². The lowest BCUT2D eigenvalue weighted by molar-refractivity contribution is 0.310. The molecule has 1 aromatic rings. The molecule has 0 amide bonds. The zero-order valence-corrected chi connectivity index (χ0v) is 11.4. The summed E-state index contributed by atoms with van der Waals surface area (Å²) in [7, 11) is 0. The number of rotatable bonds is 4. The van der Waals surface area contributed by atoms with Gasteiger partial charge in [-0.2, -0.15) is 0 Å². The molecule has 4 heteroatoms. The van der Waals surface area contributed by atoms with E-state index < -0.39 is 0 Å². The standard InChI is InChI=1S/C14H23N3O/c1-3-16-6-5-7-17(9-8-16)13-10-14(18-4-2)12-15-11-13/h10-12H,3-9H2,1-2H3. The van der Waals surface area contributed by atoms with Gasteiger partial charge in [-0.25, -0.2) is 0 Å². The maximum absolute atomic E-state index is 5.51. The van der Waals surface area contributed by atoms with Crippen molar-refractivity contribution in [2.24, 2.45) is 0 Å². The predicted octanol–water partition coefficient (Wildman–Crippen LogP) is 2.01. The third kappa shape index (κ3) is 3.35. The fraction of sp³-hybridized carbons (Fsp3) is 0.643. The number of anilines is 1. The quantitative estimate of drug-likeness (QED) is 0.816. The molecule has 0 spiro atoms. The van der Waals surface area contributed by atoms with Crippen molar-refractivity contribution in [3.8, 4) is 5.75 Å². The number of hydrogen-bond acceptors (Lipinski definition) is 4. The van der Waals surface area contributed by atoms with E-state index in [2.05, 4.69) is 27.8 Å². The van der Waals surface area contributed by atoms with Gasteiger partial charge in [0.15, 0.2) is 0 Å². The van der Waals surface area contributed by atoms with Gasteiger partial charge in [0, 0.05) is 25.7 Å². The Labute approximate surface area is 110 Å². The van der Waals surface area contributed by atoms with Crippen LogP contribution in [0.2, 0.25) is 0 Å². The first-order valence-electron chi connectivity index (χ1n) is 6.88. The van der Waals surface area contributed by atoms with Gasteiger partial charge in [0.2, 0.25) is 0 Å². The molecule has 0 unspecified atom stereocenters. The van der Waals surface area contributed by atoms with Crippen LogP contribution in [0, 0.1) is 0 Å². The lowest BCUT2D eigenvalue weighted by atomic mass is 10.3. The van der Waals surface area contributed by atoms with Crippen LogP contribution in [0.1, 0.15) is 20.3 Å². The first kappa shape index (κ1) is 13.1. The summed E-state index contributed by atoms with van der Waals surface area (Å²) in [5.41, 5.74) is 1.18. The van der Waals surface area contributed by atoms with Crippen LogP contribution in [-0.4, -0.2) is 49.2 Å². The summed E-state index contributed by atoms with van der Waals surface area (Å²) in [4.78, 5) is 9.18. The van der Waals surface area contributed by atoms with Crippen molar-refractivity contribution in [3.05, 3.63) is 18.5 Å². The second kappa shape index (κ2) is 6.59. The summed E-state index contributed by atoms with van der Waals surface area (Å²) in [6.45, 7) is 10.6. The number of pyridine rings is 1. The maximum Gasteiger partial charge on any atom is 0.139 e. The van der Waals surface area contributed by atoms with Crippen LogP contribution >= 0.6 is 0 Å². The molecule has 1 aromatic heterocycles. The highest BCUT2D eigenvalue weighted by Gasteiger charge is 2.14. The zero-order valence-electron chi connectivity index (χ0n) is 11.4. The van der Waals surface area contributed by atoms with Gasteiger partial charge in [0.1, 0.15) is 5.75 Å². The van der Waals surface area contributed by atoms with Crippen LogP contribution < -0.4 is 9.64 Å². The van der Waals surface area contributed by atoms with E-state index in [1.165, 1.54) is 18.7 Å². The molecule has 1 fully saturated rings. The lowest BCUT2D eigenvalue weighted by Crippen LogP contribution is -2.30. The lowest BCUT2D eigenvalue weighted by Gasteiger charge is -2.23. The van der Waals surface area contributed by atoms with Crippen LogP contribution in [0.4, 0.5) is 5.69 Å². The van der Waals surface area contributed by atoms with E-state index in [0.29, 0.717) is 6.61 Å². The Hall–Kier alpha value is -1.29. The van der Waals surface area contributed by atoms with Gasteiger partial charge in [-0.05, 0) is 26.4 Å². The minimum atomic E-state index is 0.689. The van der Waals surface area contributed by atoms with E-state index in [1.54, 1.807) is 6.20 Å². The highest BCUT2D eigenvalue weighted by atomic mass is 16.5. The summed E-state index contributed by atoms with van der Waals surface area (Å²) in [5, 5.41) is 0. The molecular weight excluding hydrogens is 226 g/mol. The molecule has 2 heterocycles. The number of nitrogens with zero attached hydrogens (tertiary/aromatic N) is 3. The van der Waals surface area contributed by atoms with Gasteiger partial charge in [0.25, 0.3) is 0 Å². The highest BCUT2D eigenvalue weighted by molar-refractivity contribution is 5.48. The number of aromatic nitrogens is 1. The van der Waals surface area contributed by atoms with E-state index in [1.807, 2.05) is 13.1 Å². The van der Waals surface area contributed by atoms with E-state index >= 15 is 0 Å². The second-order valence-electron chi connectivity index (χ2n) is 4.59. The summed E-state index contributed by atoms with van der Waals surface area (Å²) in [6.07, 6.45) is 4.93. The molecule has 0 N–H and O–H groups in total. The van der Waals surface area contributed by atoms with Crippen LogP contribution in [-0.2, 0) is 0 Å². The summed E-state index contributed by atoms with van der Waals surface area (Å²) >= 11 is 0. The van der Waals surface area contributed by atoms with E-state index in [4.69, 9.17) is 4.74 Å². The van der Waals surface area contributed by atoms with Gasteiger partial charge in [0.05, 0.1) is 24.7 Å². The van der Waals surface area contributed by atoms with Crippen molar-refractivity contribution in [2.45, 2.75) is 20.3 Å². The van der Waals surface area contributed by atoms with Crippen molar-refractivity contribution in [1.29, 1.82) is 0 Å². The van der Waals surface area contributed by atoms with Gasteiger partial charge >= 0.3 is 0 Å². The van der Waals surface area contributed by atoms with Crippen molar-refractivity contribution >= 4 is 5.69 Å². The second-order valence-corrected chi connectivity index (χ2v) is 4.59. The third-order valence-corrected chi connectivity index (χ3v) is 3.41. The number of hydrogen-bond donors (Lipinski definition) is 0. The molecule has 0 saturated carbocycles. The van der Waals surface area contributed by atoms with Crippen molar-refractivity contribution in [1.82, 2.24) is 9.88 Å². The highest BCUT2D eigenvalue weighted by Crippen LogP contribution is 2.20. The Balaban J connectivity index is 2.03. The van der Waals surface area contributed by atoms with Crippen LogP contribution in [0.5, 0.6) is 5.75 Å². The number of likely N-dealkylation sites (N-methyl/N-ethyl adjacent to an activating group) is 1. The van der Waals surface area contributed by atoms with Crippen LogP contribution in [0.15, 0.2) is 18.5 Å². The number of ether oxygens (including phenoxy) is 1. The summed E-state index contributed by atoms with van der Waals surface area (Å²) in [5.74, 6) is 0.867. The maximum atomic E-state index is 5.51. The normalized spacial score (nSPS) is 17.6. The Morgan fingerprint density at radius 3 is 2.83 bits per heavy atom. The zero-order chi connectivity index (χ0) is 12.8. The average molecular weight is 249 g/mol. The smallest absolute Gasteiger partial charge is 0.139 e. The Kier molecular flexibility index (Phi) is 4.81. The van der Waals surface area contributed by atoms with Gasteiger partial charge in [-0.15, -0.1) is 0 Å². The van der Waals surface area contributed by atoms with Crippen molar-refractivity contribution < 1.29 is 4.74 Å². The molecule has 0 radical (unpaired) electrons. The molecule has 0 aromatic carbocycles. The molecule has 18 heavy (non-hydrogen) atoms. The van der Waals surface area contributed by atoms with E-state index in [-0.39, 0.29) is 0 Å². The fourth-order valence-corrected chi connectivity index (χ4v) is 2.37. The molecule has 1 aliphatic heterocycles. The molecule has 2 rings (SSSR count). The first-order valence-corrected chi connectivity index (χ1v) is 6.88. The van der Waals surface area contributed by atoms with Gasteiger partial charge in [-0.1, -0.05) is 6.92 Å². The Morgan fingerprint density at radius 1 is 1.17 bits per heavy atom. The molecule has 4 nitrogen and oxygen atoms in total. The van der Waals surface area contributed by atoms with Crippen molar-refractivity contribution in [3.63, 3.8) is 0 Å². The molecule has 0 aliphatic carbocycles. The fourth-order valence-electron chi connectivity index (χ4n) is 2.37. The van der Waals surface area contributed by atoms with Crippen molar-refractivity contribution in [2.75, 3.05) is 44.2 Å². The Bertz CT molecular complexity index is 370. The molecule has 0 bridgehead atoms. The molecule has 1 saturated heterocycles. The van der Waals surface area contributed by atoms with E-state index in [0.717, 1.165) is 31.9 Å². The van der Waals surface area contributed by atoms with Crippen LogP contribution in [0.3, 0.4) is 0 Å². The largest absolute Gasteiger partial charge is 0.492 e. The third-order valence-electron chi connectivity index (χ3n) is 3.41. The topological polar surface area (TPSA) is 28.6 Å². The average Bonchev–Trinajstić information content (AvgIpc) is 2.65. The first-order chi connectivity index (χ1) is 8.83. The molecule has 0 atom stereocenters. The molecule has 1 aliphatic rings. The van der Waals surface area contributed by atoms with E-state index in [9.17, 15) is 0 Å². The monoisotopic (exact) mass is 249 g/mol.